The van der Waals surface area contributed by atoms with Gasteiger partial charge in [-0.3, -0.25) is 4.79 Å². The second kappa shape index (κ2) is 8.31. The molecule has 1 amide bonds. The minimum absolute atomic E-state index is 0.217. The van der Waals surface area contributed by atoms with E-state index < -0.39 is 6.10 Å². The number of hydrogen-bond donors (Lipinski definition) is 2. The average molecular weight is 320 g/mol. The van der Waals surface area contributed by atoms with E-state index in [2.05, 4.69) is 11.0 Å². The molecule has 0 bridgehead atoms. The van der Waals surface area contributed by atoms with E-state index >= 15 is 0 Å². The highest BCUT2D eigenvalue weighted by Crippen LogP contribution is 2.20. The Kier molecular flexibility index (Phi) is 6.42. The number of β-amino-alcohol motifs (C(OH)–C–C–N with tert-alkyl or cyclic N) is 1. The lowest BCUT2D eigenvalue weighted by molar-refractivity contribution is -0.119. The Morgan fingerprint density at radius 2 is 1.91 bits per heavy atom. The van der Waals surface area contributed by atoms with Crippen molar-refractivity contribution in [1.82, 2.24) is 4.90 Å². The van der Waals surface area contributed by atoms with Gasteiger partial charge in [-0.25, -0.2) is 0 Å². The molecule has 0 saturated carbocycles. The number of piperidine rings is 1. The van der Waals surface area contributed by atoms with Crippen molar-refractivity contribution in [3.63, 3.8) is 0 Å². The number of aliphatic hydroxyl groups excluding tert-OH is 1. The van der Waals surface area contributed by atoms with Gasteiger partial charge < -0.3 is 20.5 Å². The first-order valence-electron chi connectivity index (χ1n) is 8.32. The van der Waals surface area contributed by atoms with Crippen molar-refractivity contribution in [2.75, 3.05) is 26.2 Å². The summed E-state index contributed by atoms with van der Waals surface area (Å²) in [6.07, 6.45) is 1.90. The minimum Gasteiger partial charge on any atom is -0.491 e. The number of ether oxygens (including phenoxy) is 1. The predicted molar refractivity (Wildman–Crippen MR) is 90.4 cm³/mol. The highest BCUT2D eigenvalue weighted by molar-refractivity contribution is 5.73. The number of nitrogens with two attached hydrogens (primary N) is 1. The zero-order valence-corrected chi connectivity index (χ0v) is 14.1. The number of aliphatic hydroxyl groups is 1. The third-order valence-corrected chi connectivity index (χ3v) is 4.30. The summed E-state index contributed by atoms with van der Waals surface area (Å²) >= 11 is 0. The lowest BCUT2D eigenvalue weighted by atomic mass is 9.93. The summed E-state index contributed by atoms with van der Waals surface area (Å²) in [5, 5.41) is 10.2. The molecular formula is C18H28N2O3. The summed E-state index contributed by atoms with van der Waals surface area (Å²) in [6, 6.07) is 6.06. The highest BCUT2D eigenvalue weighted by atomic mass is 16.5. The van der Waals surface area contributed by atoms with Crippen LogP contribution in [0.25, 0.3) is 0 Å². The van der Waals surface area contributed by atoms with Gasteiger partial charge in [-0.1, -0.05) is 6.07 Å². The number of hydrogen-bond acceptors (Lipinski definition) is 4. The van der Waals surface area contributed by atoms with Gasteiger partial charge in [0.1, 0.15) is 18.5 Å². The largest absolute Gasteiger partial charge is 0.491 e. The van der Waals surface area contributed by atoms with E-state index in [4.69, 9.17) is 10.5 Å². The van der Waals surface area contributed by atoms with Gasteiger partial charge in [-0.05, 0) is 69.0 Å². The fourth-order valence-electron chi connectivity index (χ4n) is 3.22. The molecule has 0 unspecified atom stereocenters. The SMILES string of the molecule is Cc1cc(C)cc(OC[C@H](O)CN2CCC(CC(N)=O)CC2)c1. The number of amides is 1. The van der Waals surface area contributed by atoms with Crippen LogP contribution in [-0.4, -0.2) is 48.3 Å². The van der Waals surface area contributed by atoms with Gasteiger partial charge in [0.25, 0.3) is 0 Å². The lowest BCUT2D eigenvalue weighted by Gasteiger charge is -2.32. The van der Waals surface area contributed by atoms with Crippen LogP contribution >= 0.6 is 0 Å². The standard InChI is InChI=1S/C18H28N2O3/c1-13-7-14(2)9-17(8-13)23-12-16(21)11-20-5-3-15(4-6-20)10-18(19)22/h7-9,15-16,21H,3-6,10-12H2,1-2H3,(H2,19,22)/t16-/m1/s1. The van der Waals surface area contributed by atoms with E-state index in [9.17, 15) is 9.90 Å². The van der Waals surface area contributed by atoms with Crippen LogP contribution in [0.4, 0.5) is 0 Å². The topological polar surface area (TPSA) is 75.8 Å². The monoisotopic (exact) mass is 320 g/mol. The van der Waals surface area contributed by atoms with Crippen LogP contribution in [0.5, 0.6) is 5.75 Å². The Hall–Kier alpha value is -1.59. The van der Waals surface area contributed by atoms with Gasteiger partial charge in [-0.15, -0.1) is 0 Å². The summed E-state index contributed by atoms with van der Waals surface area (Å²) in [6.45, 7) is 6.77. The van der Waals surface area contributed by atoms with Gasteiger partial charge in [-0.2, -0.15) is 0 Å². The Balaban J connectivity index is 1.71. The molecule has 1 atom stereocenters. The quantitative estimate of drug-likeness (QED) is 0.801. The molecule has 1 saturated heterocycles. The maximum absolute atomic E-state index is 10.9. The van der Waals surface area contributed by atoms with Crippen LogP contribution in [0.3, 0.4) is 0 Å². The molecule has 5 nitrogen and oxygen atoms in total. The zero-order chi connectivity index (χ0) is 16.8. The Labute approximate surface area is 138 Å². The fourth-order valence-corrected chi connectivity index (χ4v) is 3.22. The molecule has 3 N–H and O–H groups in total. The molecule has 2 rings (SSSR count). The van der Waals surface area contributed by atoms with Gasteiger partial charge in [0.2, 0.25) is 5.91 Å². The van der Waals surface area contributed by atoms with Gasteiger partial charge in [0.15, 0.2) is 0 Å². The summed E-state index contributed by atoms with van der Waals surface area (Å²) in [4.78, 5) is 13.2. The number of carbonyl (C=O) groups is 1. The summed E-state index contributed by atoms with van der Waals surface area (Å²) in [5.74, 6) is 0.986. The molecule has 1 aromatic rings. The minimum atomic E-state index is -0.511. The molecule has 0 spiro atoms. The van der Waals surface area contributed by atoms with Gasteiger partial charge in [0, 0.05) is 13.0 Å². The summed E-state index contributed by atoms with van der Waals surface area (Å²) in [5.41, 5.74) is 7.56. The first kappa shape index (κ1) is 17.8. The van der Waals surface area contributed by atoms with E-state index in [1.54, 1.807) is 0 Å². The van der Waals surface area contributed by atoms with Crippen molar-refractivity contribution < 1.29 is 14.6 Å². The van der Waals surface area contributed by atoms with E-state index in [1.807, 2.05) is 26.0 Å². The molecule has 5 heteroatoms. The molecule has 128 valence electrons. The van der Waals surface area contributed by atoms with Crippen LogP contribution in [0.1, 0.15) is 30.4 Å². The van der Waals surface area contributed by atoms with Crippen molar-refractivity contribution >= 4 is 5.91 Å². The molecule has 23 heavy (non-hydrogen) atoms. The molecule has 1 aliphatic heterocycles. The molecule has 0 aromatic heterocycles. The normalized spacial score (nSPS) is 17.9. The van der Waals surface area contributed by atoms with Gasteiger partial charge in [0.05, 0.1) is 0 Å². The molecule has 1 aromatic carbocycles. The predicted octanol–water partition coefficient (Wildman–Crippen LogP) is 1.63. The number of carbonyl (C=O) groups excluding carboxylic acids is 1. The third-order valence-electron chi connectivity index (χ3n) is 4.30. The zero-order valence-electron chi connectivity index (χ0n) is 14.1. The van der Waals surface area contributed by atoms with E-state index in [1.165, 1.54) is 0 Å². The van der Waals surface area contributed by atoms with Crippen molar-refractivity contribution in [3.05, 3.63) is 29.3 Å². The molecule has 0 radical (unpaired) electrons. The Morgan fingerprint density at radius 1 is 1.30 bits per heavy atom. The van der Waals surface area contributed by atoms with E-state index in [0.29, 0.717) is 25.5 Å². The number of aryl methyl sites for hydroxylation is 2. The molecular weight excluding hydrogens is 292 g/mol. The molecule has 1 heterocycles. The molecule has 1 aliphatic rings. The summed E-state index contributed by atoms with van der Waals surface area (Å²) < 4.78 is 5.71. The fraction of sp³-hybridized carbons (Fsp3) is 0.611. The van der Waals surface area contributed by atoms with Crippen molar-refractivity contribution in [2.45, 2.75) is 39.2 Å². The average Bonchev–Trinajstić information content (AvgIpc) is 2.46. The van der Waals surface area contributed by atoms with E-state index in [0.717, 1.165) is 42.8 Å². The van der Waals surface area contributed by atoms with Crippen molar-refractivity contribution in [2.24, 2.45) is 11.7 Å². The Bertz CT molecular complexity index is 505. The highest BCUT2D eigenvalue weighted by Gasteiger charge is 2.22. The molecule has 0 aliphatic carbocycles. The van der Waals surface area contributed by atoms with Crippen LogP contribution in [0, 0.1) is 19.8 Å². The van der Waals surface area contributed by atoms with Crippen LogP contribution < -0.4 is 10.5 Å². The number of rotatable bonds is 7. The van der Waals surface area contributed by atoms with Crippen LogP contribution in [0.2, 0.25) is 0 Å². The van der Waals surface area contributed by atoms with E-state index in [-0.39, 0.29) is 5.91 Å². The maximum Gasteiger partial charge on any atom is 0.217 e. The third kappa shape index (κ3) is 6.20. The van der Waals surface area contributed by atoms with Crippen LogP contribution in [-0.2, 0) is 4.79 Å². The van der Waals surface area contributed by atoms with Crippen molar-refractivity contribution in [3.8, 4) is 5.75 Å². The number of primary amides is 1. The maximum atomic E-state index is 10.9. The second-order valence-electron chi connectivity index (χ2n) is 6.70. The second-order valence-corrected chi connectivity index (χ2v) is 6.70. The van der Waals surface area contributed by atoms with Crippen molar-refractivity contribution in [1.29, 1.82) is 0 Å². The molecule has 1 fully saturated rings. The number of nitrogens with zero attached hydrogens (tertiary/aromatic N) is 1. The number of likely N-dealkylation sites (tertiary alicyclic amines) is 1. The van der Waals surface area contributed by atoms with Gasteiger partial charge >= 0.3 is 0 Å². The smallest absolute Gasteiger partial charge is 0.217 e. The summed E-state index contributed by atoms with van der Waals surface area (Å²) in [7, 11) is 0. The first-order valence-corrected chi connectivity index (χ1v) is 8.32. The Morgan fingerprint density at radius 3 is 2.48 bits per heavy atom. The van der Waals surface area contributed by atoms with Crippen LogP contribution in [0.15, 0.2) is 18.2 Å². The number of benzene rings is 1. The first-order chi connectivity index (χ1) is 10.9. The lowest BCUT2D eigenvalue weighted by Crippen LogP contribution is -2.41.